The summed E-state index contributed by atoms with van der Waals surface area (Å²) in [5.41, 5.74) is 5.19. The molecule has 15 heavy (non-hydrogen) atoms. The Morgan fingerprint density at radius 1 is 1.47 bits per heavy atom. The SMILES string of the molecule is CC1CCC(CN)(C2(O)CCCOC2)C1. The van der Waals surface area contributed by atoms with E-state index in [9.17, 15) is 5.11 Å². The van der Waals surface area contributed by atoms with E-state index in [1.807, 2.05) is 0 Å². The molecule has 1 aliphatic heterocycles. The zero-order chi connectivity index (χ0) is 10.9. The van der Waals surface area contributed by atoms with Crippen LogP contribution in [-0.4, -0.2) is 30.5 Å². The third kappa shape index (κ3) is 1.81. The van der Waals surface area contributed by atoms with Crippen LogP contribution >= 0.6 is 0 Å². The molecule has 0 amide bonds. The minimum atomic E-state index is -0.662. The second-order valence-electron chi connectivity index (χ2n) is 5.52. The number of ether oxygens (including phenoxy) is 1. The van der Waals surface area contributed by atoms with Gasteiger partial charge < -0.3 is 15.6 Å². The molecule has 2 rings (SSSR count). The first-order valence-corrected chi connectivity index (χ1v) is 6.12. The van der Waals surface area contributed by atoms with E-state index in [2.05, 4.69) is 6.92 Å². The summed E-state index contributed by atoms with van der Waals surface area (Å²) in [7, 11) is 0. The van der Waals surface area contributed by atoms with Gasteiger partial charge in [-0.2, -0.15) is 0 Å². The molecule has 0 aromatic heterocycles. The Morgan fingerprint density at radius 2 is 2.27 bits per heavy atom. The number of hydrogen-bond acceptors (Lipinski definition) is 3. The summed E-state index contributed by atoms with van der Waals surface area (Å²) in [5, 5.41) is 10.7. The van der Waals surface area contributed by atoms with Crippen LogP contribution < -0.4 is 5.73 Å². The molecule has 3 unspecified atom stereocenters. The molecule has 88 valence electrons. The molecule has 2 fully saturated rings. The molecule has 1 heterocycles. The summed E-state index contributed by atoms with van der Waals surface area (Å²) >= 11 is 0. The zero-order valence-electron chi connectivity index (χ0n) is 9.67. The Balaban J connectivity index is 2.17. The van der Waals surface area contributed by atoms with Crippen LogP contribution in [0.2, 0.25) is 0 Å². The van der Waals surface area contributed by atoms with Gasteiger partial charge in [0.15, 0.2) is 0 Å². The van der Waals surface area contributed by atoms with E-state index in [1.54, 1.807) is 0 Å². The second kappa shape index (κ2) is 4.04. The lowest BCUT2D eigenvalue weighted by Crippen LogP contribution is -2.56. The van der Waals surface area contributed by atoms with Gasteiger partial charge in [-0.3, -0.25) is 0 Å². The smallest absolute Gasteiger partial charge is 0.0948 e. The fourth-order valence-corrected chi connectivity index (χ4v) is 3.39. The topological polar surface area (TPSA) is 55.5 Å². The Hall–Kier alpha value is -0.120. The summed E-state index contributed by atoms with van der Waals surface area (Å²) in [4.78, 5) is 0. The maximum Gasteiger partial charge on any atom is 0.0948 e. The third-order valence-electron chi connectivity index (χ3n) is 4.45. The first-order valence-electron chi connectivity index (χ1n) is 6.12. The van der Waals surface area contributed by atoms with Crippen molar-refractivity contribution in [1.82, 2.24) is 0 Å². The molecule has 3 heteroatoms. The van der Waals surface area contributed by atoms with Crippen LogP contribution in [0.4, 0.5) is 0 Å². The summed E-state index contributed by atoms with van der Waals surface area (Å²) in [6, 6.07) is 0. The van der Waals surface area contributed by atoms with Crippen LogP contribution in [-0.2, 0) is 4.74 Å². The first kappa shape index (κ1) is 11.4. The predicted octanol–water partition coefficient (Wildman–Crippen LogP) is 1.29. The van der Waals surface area contributed by atoms with Gasteiger partial charge in [0.2, 0.25) is 0 Å². The molecule has 0 aromatic rings. The predicted molar refractivity (Wildman–Crippen MR) is 59.5 cm³/mol. The van der Waals surface area contributed by atoms with Crippen molar-refractivity contribution >= 4 is 0 Å². The van der Waals surface area contributed by atoms with Crippen molar-refractivity contribution < 1.29 is 9.84 Å². The molecule has 0 bridgehead atoms. The van der Waals surface area contributed by atoms with Gasteiger partial charge in [-0.05, 0) is 31.6 Å². The largest absolute Gasteiger partial charge is 0.387 e. The van der Waals surface area contributed by atoms with Gasteiger partial charge in [0.05, 0.1) is 12.2 Å². The summed E-state index contributed by atoms with van der Waals surface area (Å²) in [6.07, 6.45) is 5.14. The van der Waals surface area contributed by atoms with Crippen LogP contribution in [0.5, 0.6) is 0 Å². The third-order valence-corrected chi connectivity index (χ3v) is 4.45. The lowest BCUT2D eigenvalue weighted by Gasteiger charge is -2.46. The standard InChI is InChI=1S/C12H23NO2/c1-10-3-5-11(7-10,8-13)12(14)4-2-6-15-9-12/h10,14H,2-9,13H2,1H3. The van der Waals surface area contributed by atoms with Crippen LogP contribution in [0.3, 0.4) is 0 Å². The van der Waals surface area contributed by atoms with Gasteiger partial charge in [-0.1, -0.05) is 13.3 Å². The average molecular weight is 213 g/mol. The summed E-state index contributed by atoms with van der Waals surface area (Å²) in [6.45, 7) is 4.12. The van der Waals surface area contributed by atoms with E-state index < -0.39 is 5.60 Å². The quantitative estimate of drug-likeness (QED) is 0.727. The Labute approximate surface area is 92.0 Å². The molecular formula is C12H23NO2. The first-order chi connectivity index (χ1) is 7.12. The molecule has 1 aliphatic carbocycles. The highest BCUT2D eigenvalue weighted by Gasteiger charge is 2.53. The highest BCUT2D eigenvalue weighted by Crippen LogP contribution is 2.50. The van der Waals surface area contributed by atoms with E-state index >= 15 is 0 Å². The molecular weight excluding hydrogens is 190 g/mol. The van der Waals surface area contributed by atoms with Gasteiger partial charge in [0.25, 0.3) is 0 Å². The average Bonchev–Trinajstić information content (AvgIpc) is 2.63. The van der Waals surface area contributed by atoms with Crippen molar-refractivity contribution in [1.29, 1.82) is 0 Å². The minimum Gasteiger partial charge on any atom is -0.387 e. The fourth-order valence-electron chi connectivity index (χ4n) is 3.39. The van der Waals surface area contributed by atoms with Crippen molar-refractivity contribution in [3.05, 3.63) is 0 Å². The molecule has 0 spiro atoms. The molecule has 1 saturated heterocycles. The monoisotopic (exact) mass is 213 g/mol. The highest BCUT2D eigenvalue weighted by atomic mass is 16.5. The van der Waals surface area contributed by atoms with Gasteiger partial charge >= 0.3 is 0 Å². The summed E-state index contributed by atoms with van der Waals surface area (Å²) in [5.74, 6) is 0.694. The van der Waals surface area contributed by atoms with Gasteiger partial charge in [0, 0.05) is 18.6 Å². The van der Waals surface area contributed by atoms with E-state index in [-0.39, 0.29) is 5.41 Å². The Morgan fingerprint density at radius 3 is 2.73 bits per heavy atom. The van der Waals surface area contributed by atoms with Crippen LogP contribution in [0.15, 0.2) is 0 Å². The molecule has 3 nitrogen and oxygen atoms in total. The minimum absolute atomic E-state index is 0.0766. The van der Waals surface area contributed by atoms with Crippen molar-refractivity contribution in [3.8, 4) is 0 Å². The normalized spacial score (nSPS) is 47.0. The maximum atomic E-state index is 10.7. The van der Waals surface area contributed by atoms with E-state index in [1.165, 1.54) is 6.42 Å². The van der Waals surface area contributed by atoms with E-state index in [0.29, 0.717) is 19.1 Å². The van der Waals surface area contributed by atoms with Crippen molar-refractivity contribution in [2.45, 2.75) is 44.6 Å². The number of hydrogen-bond donors (Lipinski definition) is 2. The highest BCUT2D eigenvalue weighted by molar-refractivity contribution is 5.04. The van der Waals surface area contributed by atoms with Crippen LogP contribution in [0.25, 0.3) is 0 Å². The van der Waals surface area contributed by atoms with E-state index in [0.717, 1.165) is 32.3 Å². The molecule has 3 atom stereocenters. The van der Waals surface area contributed by atoms with Crippen LogP contribution in [0.1, 0.15) is 39.0 Å². The van der Waals surface area contributed by atoms with Crippen LogP contribution in [0, 0.1) is 11.3 Å². The van der Waals surface area contributed by atoms with Crippen molar-refractivity contribution in [2.24, 2.45) is 17.1 Å². The lowest BCUT2D eigenvalue weighted by molar-refractivity contribution is -0.158. The molecule has 3 N–H and O–H groups in total. The van der Waals surface area contributed by atoms with Crippen molar-refractivity contribution in [2.75, 3.05) is 19.8 Å². The number of nitrogens with two attached hydrogens (primary N) is 1. The number of aliphatic hydroxyl groups is 1. The van der Waals surface area contributed by atoms with Gasteiger partial charge in [0.1, 0.15) is 0 Å². The fraction of sp³-hybridized carbons (Fsp3) is 1.00. The maximum absolute atomic E-state index is 10.7. The van der Waals surface area contributed by atoms with Gasteiger partial charge in [-0.15, -0.1) is 0 Å². The molecule has 1 saturated carbocycles. The van der Waals surface area contributed by atoms with E-state index in [4.69, 9.17) is 10.5 Å². The molecule has 0 aromatic carbocycles. The lowest BCUT2D eigenvalue weighted by atomic mass is 9.67. The Bertz CT molecular complexity index is 226. The van der Waals surface area contributed by atoms with Crippen molar-refractivity contribution in [3.63, 3.8) is 0 Å². The molecule has 0 radical (unpaired) electrons. The van der Waals surface area contributed by atoms with Gasteiger partial charge in [-0.25, -0.2) is 0 Å². The molecule has 2 aliphatic rings. The zero-order valence-corrected chi connectivity index (χ0v) is 9.67. The Kier molecular flexibility index (Phi) is 3.06. The summed E-state index contributed by atoms with van der Waals surface area (Å²) < 4.78 is 5.45. The second-order valence-corrected chi connectivity index (χ2v) is 5.52. The number of rotatable bonds is 2.